The Labute approximate surface area is 91.1 Å². The average Bonchev–Trinajstić information content (AvgIpc) is 2.85. The minimum absolute atomic E-state index is 0.0506. The second kappa shape index (κ2) is 4.73. The van der Waals surface area contributed by atoms with Crippen molar-refractivity contribution in [3.63, 3.8) is 0 Å². The van der Waals surface area contributed by atoms with Crippen LogP contribution in [0.15, 0.2) is 4.52 Å². The van der Waals surface area contributed by atoms with Crippen LogP contribution in [0.5, 0.6) is 0 Å². The minimum atomic E-state index is -2.79. The molecule has 0 radical (unpaired) electrons. The van der Waals surface area contributed by atoms with Crippen molar-refractivity contribution in [3.05, 3.63) is 5.89 Å². The third-order valence-electron chi connectivity index (χ3n) is 2.52. The van der Waals surface area contributed by atoms with E-state index in [0.717, 1.165) is 25.9 Å². The lowest BCUT2D eigenvalue weighted by molar-refractivity contribution is -0.00754. The van der Waals surface area contributed by atoms with Crippen LogP contribution in [0.4, 0.5) is 14.7 Å². The Hall–Kier alpha value is -1.24. The highest BCUT2D eigenvalue weighted by Gasteiger charge is 2.23. The first-order chi connectivity index (χ1) is 7.66. The van der Waals surface area contributed by atoms with E-state index in [0.29, 0.717) is 5.95 Å². The van der Waals surface area contributed by atoms with Crippen molar-refractivity contribution in [2.45, 2.75) is 31.8 Å². The van der Waals surface area contributed by atoms with Gasteiger partial charge >= 0.3 is 0 Å². The van der Waals surface area contributed by atoms with Crippen molar-refractivity contribution >= 4 is 5.95 Å². The summed E-state index contributed by atoms with van der Waals surface area (Å²) in [5.74, 6) is 0.476. The van der Waals surface area contributed by atoms with Gasteiger partial charge in [-0.05, 0) is 18.0 Å². The van der Waals surface area contributed by atoms with Crippen LogP contribution >= 0.6 is 0 Å². The minimum Gasteiger partial charge on any atom is -0.387 e. The fourth-order valence-corrected chi connectivity index (χ4v) is 1.64. The molecule has 0 spiro atoms. The molecule has 1 aliphatic heterocycles. The van der Waals surface area contributed by atoms with Gasteiger partial charge in [0, 0.05) is 13.1 Å². The molecule has 2 heterocycles. The molecular formula is C9H13F2N3O2. The van der Waals surface area contributed by atoms with E-state index < -0.39 is 12.5 Å². The summed E-state index contributed by atoms with van der Waals surface area (Å²) < 4.78 is 28.9. The highest BCUT2D eigenvalue weighted by molar-refractivity contribution is 5.28. The van der Waals surface area contributed by atoms with Crippen LogP contribution in [-0.2, 0) is 6.42 Å². The summed E-state index contributed by atoms with van der Waals surface area (Å²) in [6.45, 7) is 1.72. The summed E-state index contributed by atoms with van der Waals surface area (Å²) in [6.07, 6.45) is -2.69. The van der Waals surface area contributed by atoms with Crippen molar-refractivity contribution in [1.29, 1.82) is 0 Å². The highest BCUT2D eigenvalue weighted by Crippen LogP contribution is 2.17. The Balaban J connectivity index is 1.96. The van der Waals surface area contributed by atoms with Crippen molar-refractivity contribution in [3.8, 4) is 0 Å². The SMILES string of the molecule is OC(Cc1nc(N2CCCC2)no1)C(F)F. The molecule has 16 heavy (non-hydrogen) atoms. The molecule has 1 aliphatic rings. The maximum Gasteiger partial charge on any atom is 0.266 e. The number of aliphatic hydroxyl groups excluding tert-OH is 1. The lowest BCUT2D eigenvalue weighted by atomic mass is 10.2. The molecular weight excluding hydrogens is 220 g/mol. The number of aliphatic hydroxyl groups is 1. The first-order valence-electron chi connectivity index (χ1n) is 5.20. The molecule has 0 saturated carbocycles. The van der Waals surface area contributed by atoms with Gasteiger partial charge in [0.25, 0.3) is 12.4 Å². The number of hydrogen-bond donors (Lipinski definition) is 1. The molecule has 1 fully saturated rings. The van der Waals surface area contributed by atoms with Gasteiger partial charge in [-0.15, -0.1) is 0 Å². The lowest BCUT2D eigenvalue weighted by Gasteiger charge is -2.09. The van der Waals surface area contributed by atoms with Crippen molar-refractivity contribution < 1.29 is 18.4 Å². The van der Waals surface area contributed by atoms with Gasteiger partial charge in [0.05, 0.1) is 6.42 Å². The van der Waals surface area contributed by atoms with E-state index in [4.69, 9.17) is 9.63 Å². The summed E-state index contributed by atoms with van der Waals surface area (Å²) >= 11 is 0. The molecule has 1 N–H and O–H groups in total. The van der Waals surface area contributed by atoms with E-state index in [1.54, 1.807) is 0 Å². The molecule has 1 aromatic rings. The number of halogens is 2. The fraction of sp³-hybridized carbons (Fsp3) is 0.778. The fourth-order valence-electron chi connectivity index (χ4n) is 1.64. The van der Waals surface area contributed by atoms with Crippen molar-refractivity contribution in [2.24, 2.45) is 0 Å². The summed E-state index contributed by atoms with van der Waals surface area (Å²) in [7, 11) is 0. The summed E-state index contributed by atoms with van der Waals surface area (Å²) in [4.78, 5) is 5.90. The monoisotopic (exact) mass is 233 g/mol. The molecule has 0 aromatic carbocycles. The zero-order chi connectivity index (χ0) is 11.5. The van der Waals surface area contributed by atoms with Gasteiger partial charge in [0.15, 0.2) is 0 Å². The predicted molar refractivity (Wildman–Crippen MR) is 51.5 cm³/mol. The van der Waals surface area contributed by atoms with Crippen molar-refractivity contribution in [2.75, 3.05) is 18.0 Å². The first kappa shape index (κ1) is 11.3. The molecule has 0 amide bonds. The maximum atomic E-state index is 12.1. The molecule has 90 valence electrons. The normalized spacial score (nSPS) is 18.4. The van der Waals surface area contributed by atoms with Gasteiger partial charge in [0.1, 0.15) is 6.10 Å². The summed E-state index contributed by atoms with van der Waals surface area (Å²) in [6, 6.07) is 0. The molecule has 1 unspecified atom stereocenters. The Morgan fingerprint density at radius 3 is 2.69 bits per heavy atom. The van der Waals surface area contributed by atoms with Crippen LogP contribution in [0, 0.1) is 0 Å². The molecule has 0 aliphatic carbocycles. The van der Waals surface area contributed by atoms with Crippen LogP contribution < -0.4 is 4.90 Å². The van der Waals surface area contributed by atoms with Gasteiger partial charge in [-0.1, -0.05) is 0 Å². The predicted octanol–water partition coefficient (Wildman–Crippen LogP) is 0.838. The Kier molecular flexibility index (Phi) is 3.33. The van der Waals surface area contributed by atoms with E-state index in [-0.39, 0.29) is 12.3 Å². The average molecular weight is 233 g/mol. The topological polar surface area (TPSA) is 62.4 Å². The van der Waals surface area contributed by atoms with E-state index in [9.17, 15) is 8.78 Å². The van der Waals surface area contributed by atoms with Gasteiger partial charge in [-0.3, -0.25) is 0 Å². The van der Waals surface area contributed by atoms with E-state index in [2.05, 4.69) is 10.1 Å². The second-order valence-electron chi connectivity index (χ2n) is 3.79. The van der Waals surface area contributed by atoms with Crippen molar-refractivity contribution in [1.82, 2.24) is 10.1 Å². The Bertz CT molecular complexity index is 339. The van der Waals surface area contributed by atoms with Gasteiger partial charge < -0.3 is 14.5 Å². The molecule has 0 bridgehead atoms. The number of anilines is 1. The maximum absolute atomic E-state index is 12.1. The number of aromatic nitrogens is 2. The number of nitrogens with zero attached hydrogens (tertiary/aromatic N) is 3. The molecule has 5 nitrogen and oxygen atoms in total. The zero-order valence-electron chi connectivity index (χ0n) is 8.64. The zero-order valence-corrected chi connectivity index (χ0v) is 8.64. The van der Waals surface area contributed by atoms with E-state index in [1.807, 2.05) is 4.90 Å². The lowest BCUT2D eigenvalue weighted by Crippen LogP contribution is -2.21. The van der Waals surface area contributed by atoms with Crippen LogP contribution in [0.2, 0.25) is 0 Å². The first-order valence-corrected chi connectivity index (χ1v) is 5.20. The Morgan fingerprint density at radius 1 is 1.38 bits per heavy atom. The third kappa shape index (κ3) is 2.46. The molecule has 2 rings (SSSR count). The van der Waals surface area contributed by atoms with E-state index in [1.165, 1.54) is 0 Å². The number of rotatable bonds is 4. The number of hydrogen-bond acceptors (Lipinski definition) is 5. The van der Waals surface area contributed by atoms with Crippen LogP contribution in [0.3, 0.4) is 0 Å². The Morgan fingerprint density at radius 2 is 2.06 bits per heavy atom. The van der Waals surface area contributed by atoms with Gasteiger partial charge in [-0.2, -0.15) is 4.98 Å². The standard InChI is InChI=1S/C9H13F2N3O2/c10-8(11)6(15)5-7-12-9(13-16-7)14-3-1-2-4-14/h6,8,15H,1-5H2. The largest absolute Gasteiger partial charge is 0.387 e. The number of alkyl halides is 2. The van der Waals surface area contributed by atoms with Crippen LogP contribution in [-0.4, -0.2) is 40.9 Å². The quantitative estimate of drug-likeness (QED) is 0.834. The molecule has 7 heteroatoms. The highest BCUT2D eigenvalue weighted by atomic mass is 19.3. The summed E-state index contributed by atoms with van der Waals surface area (Å²) in [5, 5.41) is 12.7. The van der Waals surface area contributed by atoms with E-state index >= 15 is 0 Å². The second-order valence-corrected chi connectivity index (χ2v) is 3.79. The molecule has 1 atom stereocenters. The third-order valence-corrected chi connectivity index (χ3v) is 2.52. The summed E-state index contributed by atoms with van der Waals surface area (Å²) in [5.41, 5.74) is 0. The molecule has 1 saturated heterocycles. The molecule has 1 aromatic heterocycles. The van der Waals surface area contributed by atoms with Gasteiger partial charge in [-0.25, -0.2) is 8.78 Å². The van der Waals surface area contributed by atoms with Crippen LogP contribution in [0.1, 0.15) is 18.7 Å². The smallest absolute Gasteiger partial charge is 0.266 e. The van der Waals surface area contributed by atoms with Gasteiger partial charge in [0.2, 0.25) is 5.89 Å². The van der Waals surface area contributed by atoms with Crippen LogP contribution in [0.25, 0.3) is 0 Å².